The van der Waals surface area contributed by atoms with E-state index in [1.165, 1.54) is 0 Å². The van der Waals surface area contributed by atoms with Crippen molar-refractivity contribution in [1.82, 2.24) is 0 Å². The van der Waals surface area contributed by atoms with Gasteiger partial charge in [0.25, 0.3) is 0 Å². The first kappa shape index (κ1) is 7.86. The number of hydrogen-bond donors (Lipinski definition) is 0. The van der Waals surface area contributed by atoms with Crippen molar-refractivity contribution in [3.05, 3.63) is 18.1 Å². The summed E-state index contributed by atoms with van der Waals surface area (Å²) in [5.41, 5.74) is 1.05. The van der Waals surface area contributed by atoms with Crippen molar-refractivity contribution in [2.45, 2.75) is 13.3 Å². The van der Waals surface area contributed by atoms with Crippen molar-refractivity contribution >= 4 is 0 Å². The summed E-state index contributed by atoms with van der Waals surface area (Å²) in [6, 6.07) is 0. The normalized spacial score (nSPS) is 9.89. The molecule has 0 atom stereocenters. The molecule has 0 fully saturated rings. The molecule has 0 heterocycles. The van der Waals surface area contributed by atoms with Gasteiger partial charge in [-0.2, -0.15) is 0 Å². The van der Waals surface area contributed by atoms with Crippen LogP contribution in [0.25, 0.3) is 0 Å². The zero-order valence-electron chi connectivity index (χ0n) is 5.52. The Morgan fingerprint density at radius 1 is 1.56 bits per heavy atom. The highest BCUT2D eigenvalue weighted by Crippen LogP contribution is 1.96. The van der Waals surface area contributed by atoms with Gasteiger partial charge in [-0.25, -0.2) is 0 Å². The molecule has 0 rings (SSSR count). The number of hydrogen-bond acceptors (Lipinski definition) is 0. The smallest absolute Gasteiger partial charge is 0.0582 e. The van der Waals surface area contributed by atoms with Crippen molar-refractivity contribution in [2.75, 3.05) is 0 Å². The Labute approximate surface area is 57.0 Å². The molecular weight excluding hydrogens is 108 g/mol. The Morgan fingerprint density at radius 3 is 2.67 bits per heavy atom. The van der Waals surface area contributed by atoms with Crippen LogP contribution < -0.4 is 0 Å². The van der Waals surface area contributed by atoms with Crippen molar-refractivity contribution in [1.29, 1.82) is 0 Å². The van der Waals surface area contributed by atoms with E-state index in [1.807, 2.05) is 13.0 Å². The lowest BCUT2D eigenvalue weighted by Gasteiger charge is -1.87. The molecule has 0 aliphatic carbocycles. The minimum Gasteiger partial charge on any atom is -0.120 e. The van der Waals surface area contributed by atoms with Gasteiger partial charge in [0.2, 0.25) is 0 Å². The van der Waals surface area contributed by atoms with Crippen molar-refractivity contribution in [3.63, 3.8) is 0 Å². The maximum atomic E-state index is 5.01. The standard InChI is InChI=1S/C9H9/c1-4-6-8-9(3)7-5-2/h1-2,7-8H,6H2,3H3/b9-8+. The van der Waals surface area contributed by atoms with Crippen molar-refractivity contribution < 1.29 is 0 Å². The third-order valence-electron chi connectivity index (χ3n) is 0.853. The molecule has 9 heavy (non-hydrogen) atoms. The van der Waals surface area contributed by atoms with Crippen LogP contribution in [0.4, 0.5) is 0 Å². The second-order valence-electron chi connectivity index (χ2n) is 1.67. The molecule has 0 spiro atoms. The summed E-state index contributed by atoms with van der Waals surface area (Å²) >= 11 is 0. The van der Waals surface area contributed by atoms with Gasteiger partial charge in [-0.1, -0.05) is 17.6 Å². The van der Waals surface area contributed by atoms with Gasteiger partial charge in [0.05, 0.1) is 6.42 Å². The lowest BCUT2D eigenvalue weighted by Crippen LogP contribution is -1.72. The average Bonchev–Trinajstić information content (AvgIpc) is 1.85. The Hall–Kier alpha value is -1.14. The summed E-state index contributed by atoms with van der Waals surface area (Å²) in [6.07, 6.45) is 14.3. The molecule has 1 radical (unpaired) electrons. The molecule has 0 saturated heterocycles. The fourth-order valence-electron chi connectivity index (χ4n) is 0.410. The average molecular weight is 117 g/mol. The van der Waals surface area contributed by atoms with Gasteiger partial charge in [0, 0.05) is 6.42 Å². The zero-order chi connectivity index (χ0) is 7.11. The minimum atomic E-state index is 0.657. The lowest BCUT2D eigenvalue weighted by atomic mass is 10.2. The third kappa shape index (κ3) is 4.72. The maximum absolute atomic E-state index is 5.01. The quantitative estimate of drug-likeness (QED) is 0.484. The predicted octanol–water partition coefficient (Wildman–Crippen LogP) is 1.79. The topological polar surface area (TPSA) is 0 Å². The van der Waals surface area contributed by atoms with Crippen LogP contribution in [0.15, 0.2) is 11.6 Å². The number of rotatable bonds is 2. The summed E-state index contributed by atoms with van der Waals surface area (Å²) in [4.78, 5) is 0. The molecule has 0 saturated carbocycles. The van der Waals surface area contributed by atoms with Crippen LogP contribution in [-0.2, 0) is 0 Å². The monoisotopic (exact) mass is 117 g/mol. The molecule has 0 heteroatoms. The lowest BCUT2D eigenvalue weighted by molar-refractivity contribution is 1.35. The molecule has 0 aromatic rings. The molecule has 0 amide bonds. The van der Waals surface area contributed by atoms with Gasteiger partial charge in [0.1, 0.15) is 0 Å². The Bertz CT molecular complexity index is 171. The molecule has 0 aliphatic rings. The van der Waals surface area contributed by atoms with E-state index in [9.17, 15) is 0 Å². The van der Waals surface area contributed by atoms with E-state index in [-0.39, 0.29) is 0 Å². The van der Waals surface area contributed by atoms with Crippen molar-refractivity contribution in [2.24, 2.45) is 0 Å². The van der Waals surface area contributed by atoms with E-state index in [0.717, 1.165) is 5.57 Å². The van der Waals surface area contributed by atoms with Crippen LogP contribution in [-0.4, -0.2) is 0 Å². The highest BCUT2D eigenvalue weighted by molar-refractivity contribution is 5.24. The largest absolute Gasteiger partial charge is 0.120 e. The van der Waals surface area contributed by atoms with Crippen LogP contribution in [0.3, 0.4) is 0 Å². The summed E-state index contributed by atoms with van der Waals surface area (Å²) in [5, 5.41) is 0. The molecule has 0 unspecified atom stereocenters. The second-order valence-corrected chi connectivity index (χ2v) is 1.67. The van der Waals surface area contributed by atoms with E-state index in [4.69, 9.17) is 12.8 Å². The van der Waals surface area contributed by atoms with Crippen LogP contribution in [0.5, 0.6) is 0 Å². The molecule has 0 nitrogen and oxygen atoms in total. The number of terminal acetylenes is 2. The third-order valence-corrected chi connectivity index (χ3v) is 0.853. The molecule has 45 valence electrons. The first-order chi connectivity index (χ1) is 4.31. The van der Waals surface area contributed by atoms with Gasteiger partial charge < -0.3 is 0 Å². The molecule has 0 aromatic carbocycles. The second kappa shape index (κ2) is 5.01. The van der Waals surface area contributed by atoms with Crippen molar-refractivity contribution in [3.8, 4) is 24.7 Å². The molecule has 0 N–H and O–H groups in total. The fourth-order valence-corrected chi connectivity index (χ4v) is 0.410. The van der Waals surface area contributed by atoms with E-state index in [2.05, 4.69) is 11.8 Å². The molecular formula is C9H9. The fraction of sp³-hybridized carbons (Fsp3) is 0.222. The van der Waals surface area contributed by atoms with Gasteiger partial charge in [-0.3, -0.25) is 0 Å². The Kier molecular flexibility index (Phi) is 4.37. The summed E-state index contributed by atoms with van der Waals surface area (Å²) in [7, 11) is 0. The van der Waals surface area contributed by atoms with E-state index < -0.39 is 0 Å². The molecule has 0 aromatic heterocycles. The van der Waals surface area contributed by atoms with Gasteiger partial charge in [-0.05, 0) is 6.92 Å². The molecule has 0 aliphatic heterocycles. The first-order valence-corrected chi connectivity index (χ1v) is 2.71. The highest BCUT2D eigenvalue weighted by Gasteiger charge is 1.81. The number of allylic oxidation sites excluding steroid dienone is 2. The summed E-state index contributed by atoms with van der Waals surface area (Å²) < 4.78 is 0. The first-order valence-electron chi connectivity index (χ1n) is 2.71. The summed E-state index contributed by atoms with van der Waals surface area (Å²) in [6.45, 7) is 1.93. The van der Waals surface area contributed by atoms with Gasteiger partial charge in [0.15, 0.2) is 0 Å². The Morgan fingerprint density at radius 2 is 2.22 bits per heavy atom. The van der Waals surface area contributed by atoms with Gasteiger partial charge in [-0.15, -0.1) is 18.8 Å². The van der Waals surface area contributed by atoms with Crippen LogP contribution in [0, 0.1) is 31.1 Å². The highest BCUT2D eigenvalue weighted by atomic mass is 13.9. The van der Waals surface area contributed by atoms with Gasteiger partial charge >= 0.3 is 0 Å². The predicted molar refractivity (Wildman–Crippen MR) is 40.3 cm³/mol. The van der Waals surface area contributed by atoms with Crippen LogP contribution >= 0.6 is 0 Å². The zero-order valence-corrected chi connectivity index (χ0v) is 5.52. The van der Waals surface area contributed by atoms with Crippen LogP contribution in [0.1, 0.15) is 13.3 Å². The van der Waals surface area contributed by atoms with Crippen LogP contribution in [0.2, 0.25) is 0 Å². The Balaban J connectivity index is 3.62. The van der Waals surface area contributed by atoms with E-state index >= 15 is 0 Å². The maximum Gasteiger partial charge on any atom is 0.0582 e. The SMILES string of the molecule is C#C[CH]/C(C)=C/CC#C. The minimum absolute atomic E-state index is 0.657. The summed E-state index contributed by atoms with van der Waals surface area (Å²) in [5.74, 6) is 4.91. The van der Waals surface area contributed by atoms with E-state index in [1.54, 1.807) is 6.42 Å². The molecule has 0 bridgehead atoms. The van der Waals surface area contributed by atoms with E-state index in [0.29, 0.717) is 6.42 Å².